The number of thiophene rings is 1. The van der Waals surface area contributed by atoms with Crippen LogP contribution in [-0.4, -0.2) is 66.0 Å². The van der Waals surface area contributed by atoms with Crippen molar-refractivity contribution in [3.05, 3.63) is 70.4 Å². The normalized spacial score (nSPS) is 16.1. The van der Waals surface area contributed by atoms with Gasteiger partial charge < -0.3 is 25.8 Å². The van der Waals surface area contributed by atoms with E-state index in [1.54, 1.807) is 23.6 Å². The number of carbonyl (C=O) groups is 2. The lowest BCUT2D eigenvalue weighted by molar-refractivity contribution is -0.137. The number of amides is 2. The number of benzene rings is 2. The molecule has 1 saturated heterocycles. The predicted molar refractivity (Wildman–Crippen MR) is 167 cm³/mol. The summed E-state index contributed by atoms with van der Waals surface area (Å²) in [6.07, 6.45) is -0.204. The largest absolute Gasteiger partial charge is 0.416 e. The second-order valence-electron chi connectivity index (χ2n) is 11.3. The molecule has 13 heteroatoms. The molecule has 0 bridgehead atoms. The summed E-state index contributed by atoms with van der Waals surface area (Å²) >= 11 is 1.39. The summed E-state index contributed by atoms with van der Waals surface area (Å²) < 4.78 is 42.4. The van der Waals surface area contributed by atoms with Crippen molar-refractivity contribution < 1.29 is 22.8 Å². The van der Waals surface area contributed by atoms with E-state index in [2.05, 4.69) is 30.8 Å². The van der Waals surface area contributed by atoms with E-state index in [9.17, 15) is 22.8 Å². The van der Waals surface area contributed by atoms with Crippen molar-refractivity contribution in [2.75, 3.05) is 54.1 Å². The Morgan fingerprint density at radius 1 is 0.977 bits per heavy atom. The fourth-order valence-electron chi connectivity index (χ4n) is 5.16. The molecule has 4 aromatic rings. The van der Waals surface area contributed by atoms with Crippen LogP contribution in [0.3, 0.4) is 0 Å². The first kappa shape index (κ1) is 29.8. The van der Waals surface area contributed by atoms with Gasteiger partial charge in [-0.3, -0.25) is 9.59 Å². The van der Waals surface area contributed by atoms with Crippen LogP contribution in [0.25, 0.3) is 10.2 Å². The van der Waals surface area contributed by atoms with Crippen molar-refractivity contribution in [3.63, 3.8) is 0 Å². The van der Waals surface area contributed by atoms with Gasteiger partial charge in [0.25, 0.3) is 11.8 Å². The maximum Gasteiger partial charge on any atom is 0.416 e. The molecule has 3 heterocycles. The van der Waals surface area contributed by atoms with Crippen LogP contribution in [0, 0.1) is 6.92 Å². The molecule has 2 fully saturated rings. The number of hydrogen-bond donors (Lipinski definition) is 3. The van der Waals surface area contributed by atoms with Crippen molar-refractivity contribution in [1.82, 2.24) is 14.9 Å². The number of aromatic nitrogens is 2. The third-order valence-electron chi connectivity index (χ3n) is 7.85. The summed E-state index contributed by atoms with van der Waals surface area (Å²) in [7, 11) is 1.98. The number of likely N-dealkylation sites (N-methyl/N-ethyl adjacent to an activating group) is 1. The van der Waals surface area contributed by atoms with Gasteiger partial charge in [-0.1, -0.05) is 6.07 Å². The Bertz CT molecular complexity index is 1720. The van der Waals surface area contributed by atoms with E-state index >= 15 is 0 Å². The molecule has 0 unspecified atom stereocenters. The first-order chi connectivity index (χ1) is 21.0. The van der Waals surface area contributed by atoms with E-state index in [-0.39, 0.29) is 11.5 Å². The summed E-state index contributed by atoms with van der Waals surface area (Å²) in [5, 5.41) is 10.7. The van der Waals surface area contributed by atoms with E-state index in [1.807, 2.05) is 18.9 Å². The topological polar surface area (TPSA) is 102 Å². The molecule has 0 spiro atoms. The Labute approximate surface area is 256 Å². The van der Waals surface area contributed by atoms with Crippen molar-refractivity contribution in [3.8, 4) is 0 Å². The molecule has 230 valence electrons. The average Bonchev–Trinajstić information content (AvgIpc) is 3.74. The minimum absolute atomic E-state index is 0.0985. The second kappa shape index (κ2) is 12.0. The van der Waals surface area contributed by atoms with E-state index in [0.717, 1.165) is 48.2 Å². The molecule has 6 rings (SSSR count). The van der Waals surface area contributed by atoms with Crippen LogP contribution < -0.4 is 20.9 Å². The van der Waals surface area contributed by atoms with Gasteiger partial charge in [0.1, 0.15) is 12.1 Å². The highest BCUT2D eigenvalue weighted by atomic mass is 32.1. The Balaban J connectivity index is 1.22. The van der Waals surface area contributed by atoms with Crippen molar-refractivity contribution in [2.45, 2.75) is 38.4 Å². The van der Waals surface area contributed by atoms with Crippen LogP contribution >= 0.6 is 11.3 Å². The Hall–Kier alpha value is -4.23. The highest BCUT2D eigenvalue weighted by molar-refractivity contribution is 7.18. The summed E-state index contributed by atoms with van der Waals surface area (Å²) in [6, 6.07) is 8.83. The third kappa shape index (κ3) is 6.63. The molecule has 2 aliphatic rings. The Kier molecular flexibility index (Phi) is 8.16. The minimum atomic E-state index is -4.61. The molecule has 9 nitrogen and oxygen atoms in total. The first-order valence-corrected chi connectivity index (χ1v) is 15.3. The maximum absolute atomic E-state index is 13.9. The molecule has 2 aromatic heterocycles. The van der Waals surface area contributed by atoms with Gasteiger partial charge in [0.05, 0.1) is 21.3 Å². The van der Waals surface area contributed by atoms with Crippen LogP contribution in [0.5, 0.6) is 0 Å². The zero-order chi connectivity index (χ0) is 31.0. The van der Waals surface area contributed by atoms with Crippen LogP contribution in [0.1, 0.15) is 51.1 Å². The minimum Gasteiger partial charge on any atom is -0.370 e. The molecule has 1 aliphatic heterocycles. The first-order valence-electron chi connectivity index (χ1n) is 14.4. The number of anilines is 4. The Morgan fingerprint density at radius 2 is 1.80 bits per heavy atom. The third-order valence-corrected chi connectivity index (χ3v) is 8.83. The van der Waals surface area contributed by atoms with Crippen molar-refractivity contribution in [2.24, 2.45) is 0 Å². The van der Waals surface area contributed by atoms with Crippen LogP contribution in [0.4, 0.5) is 36.1 Å². The lowest BCUT2D eigenvalue weighted by Gasteiger charge is -2.24. The molecule has 0 radical (unpaired) electrons. The van der Waals surface area contributed by atoms with Gasteiger partial charge in [0, 0.05) is 53.7 Å². The van der Waals surface area contributed by atoms with Gasteiger partial charge in [-0.25, -0.2) is 9.97 Å². The van der Waals surface area contributed by atoms with E-state index in [0.29, 0.717) is 59.6 Å². The SMILES string of the molecule is Cc1ccc(NC(=O)c2cc(N3CCCN(C)CC3)cc(C(F)(F)F)c2)cc1NC(=O)c1csc2c(NC3CC3)ncnc12. The van der Waals surface area contributed by atoms with Gasteiger partial charge in [-0.15, -0.1) is 11.3 Å². The lowest BCUT2D eigenvalue weighted by atomic mass is 10.1. The molecule has 44 heavy (non-hydrogen) atoms. The van der Waals surface area contributed by atoms with Gasteiger partial charge >= 0.3 is 6.18 Å². The molecule has 1 saturated carbocycles. The molecule has 0 atom stereocenters. The maximum atomic E-state index is 13.9. The van der Waals surface area contributed by atoms with E-state index in [1.165, 1.54) is 23.7 Å². The van der Waals surface area contributed by atoms with Crippen molar-refractivity contribution >= 4 is 56.2 Å². The summed E-state index contributed by atoms with van der Waals surface area (Å²) in [5.74, 6) is -0.338. The molecular weight excluding hydrogens is 591 g/mol. The lowest BCUT2D eigenvalue weighted by Crippen LogP contribution is -2.29. The number of nitrogens with zero attached hydrogens (tertiary/aromatic N) is 4. The van der Waals surface area contributed by atoms with E-state index in [4.69, 9.17) is 0 Å². The number of carbonyl (C=O) groups excluding carboxylic acids is 2. The standard InChI is InChI=1S/C31H32F3N7O2S/c1-18-4-5-22(15-25(18)39-30(43)24-16-44-27-26(24)35-17-36-28(27)37-21-6-7-21)38-29(42)19-12-20(31(32,33)34)14-23(13-19)41-9-3-8-40(2)10-11-41/h4-5,12-17,21H,3,6-11H2,1-2H3,(H,38,42)(H,39,43)(H,35,36,37). The highest BCUT2D eigenvalue weighted by Crippen LogP contribution is 2.35. The summed E-state index contributed by atoms with van der Waals surface area (Å²) in [5.41, 5.74) is 1.86. The summed E-state index contributed by atoms with van der Waals surface area (Å²) in [6.45, 7) is 4.53. The smallest absolute Gasteiger partial charge is 0.370 e. The number of rotatable bonds is 7. The monoisotopic (exact) mass is 623 g/mol. The number of fused-ring (bicyclic) bond motifs is 1. The van der Waals surface area contributed by atoms with Gasteiger partial charge in [-0.05, 0) is 75.7 Å². The average molecular weight is 624 g/mol. The quantitative estimate of drug-likeness (QED) is 0.224. The van der Waals surface area contributed by atoms with E-state index < -0.39 is 17.6 Å². The van der Waals surface area contributed by atoms with Gasteiger partial charge in [0.2, 0.25) is 0 Å². The molecule has 2 amide bonds. The number of hydrogen-bond acceptors (Lipinski definition) is 8. The molecule has 3 N–H and O–H groups in total. The van der Waals surface area contributed by atoms with Crippen LogP contribution in [-0.2, 0) is 6.18 Å². The molecular formula is C31H32F3N7O2S. The predicted octanol–water partition coefficient (Wildman–Crippen LogP) is 6.24. The fraction of sp³-hybridized carbons (Fsp3) is 0.355. The number of alkyl halides is 3. The zero-order valence-corrected chi connectivity index (χ0v) is 25.1. The molecule has 2 aromatic carbocycles. The van der Waals surface area contributed by atoms with Gasteiger partial charge in [-0.2, -0.15) is 13.2 Å². The zero-order valence-electron chi connectivity index (χ0n) is 24.3. The van der Waals surface area contributed by atoms with Crippen LogP contribution in [0.15, 0.2) is 48.1 Å². The van der Waals surface area contributed by atoms with Gasteiger partial charge in [0.15, 0.2) is 0 Å². The number of nitrogens with one attached hydrogen (secondary N) is 3. The fourth-order valence-corrected chi connectivity index (χ4v) is 6.11. The van der Waals surface area contributed by atoms with Crippen LogP contribution in [0.2, 0.25) is 0 Å². The highest BCUT2D eigenvalue weighted by Gasteiger charge is 2.33. The molecule has 1 aliphatic carbocycles. The summed E-state index contributed by atoms with van der Waals surface area (Å²) in [4.78, 5) is 39.3. The van der Waals surface area contributed by atoms with Crippen molar-refractivity contribution in [1.29, 1.82) is 0 Å². The second-order valence-corrected chi connectivity index (χ2v) is 12.2. The Morgan fingerprint density at radius 3 is 2.57 bits per heavy atom. The number of aryl methyl sites for hydroxylation is 1. The number of halogens is 3.